The Kier molecular flexibility index (Phi) is 5.34. The molecule has 0 aliphatic carbocycles. The first kappa shape index (κ1) is 17.4. The molecule has 3 rings (SSSR count). The zero-order valence-electron chi connectivity index (χ0n) is 14.2. The van der Waals surface area contributed by atoms with Crippen LogP contribution in [0.3, 0.4) is 0 Å². The maximum Gasteiger partial charge on any atom is 0.224 e. The Hall–Kier alpha value is -2.40. The van der Waals surface area contributed by atoms with Gasteiger partial charge in [-0.2, -0.15) is 5.10 Å². The first-order chi connectivity index (χ1) is 12.0. The van der Waals surface area contributed by atoms with Crippen molar-refractivity contribution in [3.63, 3.8) is 0 Å². The zero-order chi connectivity index (χ0) is 17.8. The number of rotatable bonds is 5. The van der Waals surface area contributed by atoms with Gasteiger partial charge in [0.1, 0.15) is 5.82 Å². The molecule has 1 heterocycles. The Bertz CT molecular complexity index is 870. The third kappa shape index (κ3) is 4.17. The van der Waals surface area contributed by atoms with E-state index in [9.17, 15) is 9.18 Å². The van der Waals surface area contributed by atoms with Crippen LogP contribution in [0.2, 0.25) is 0 Å². The number of halogens is 1. The van der Waals surface area contributed by atoms with Crippen molar-refractivity contribution >= 4 is 16.9 Å². The SMILES string of the molecule is Cc1n[nH]c(C)c1CCc1cc(C(=O)Sc2ccccc2)ccc1F. The smallest absolute Gasteiger partial charge is 0.224 e. The fourth-order valence-electron chi connectivity index (χ4n) is 2.75. The lowest BCUT2D eigenvalue weighted by molar-refractivity contribution is 0.108. The van der Waals surface area contributed by atoms with Crippen molar-refractivity contribution in [3.05, 3.63) is 82.4 Å². The summed E-state index contributed by atoms with van der Waals surface area (Å²) in [6.45, 7) is 3.90. The Morgan fingerprint density at radius 3 is 2.56 bits per heavy atom. The minimum atomic E-state index is -0.278. The molecule has 2 aromatic carbocycles. The number of benzene rings is 2. The Morgan fingerprint density at radius 2 is 1.88 bits per heavy atom. The molecule has 3 nitrogen and oxygen atoms in total. The fourth-order valence-corrected chi connectivity index (χ4v) is 3.50. The molecule has 5 heteroatoms. The van der Waals surface area contributed by atoms with Gasteiger partial charge in [0.2, 0.25) is 5.12 Å². The summed E-state index contributed by atoms with van der Waals surface area (Å²) in [6, 6.07) is 14.1. The van der Waals surface area contributed by atoms with Crippen molar-refractivity contribution in [2.24, 2.45) is 0 Å². The number of carbonyl (C=O) groups is 1. The lowest BCUT2D eigenvalue weighted by atomic mass is 10.0. The van der Waals surface area contributed by atoms with Crippen molar-refractivity contribution in [1.82, 2.24) is 10.2 Å². The van der Waals surface area contributed by atoms with E-state index < -0.39 is 0 Å². The lowest BCUT2D eigenvalue weighted by Gasteiger charge is -2.07. The van der Waals surface area contributed by atoms with Gasteiger partial charge in [-0.1, -0.05) is 18.2 Å². The monoisotopic (exact) mass is 354 g/mol. The van der Waals surface area contributed by atoms with E-state index in [0.717, 1.165) is 33.6 Å². The molecular formula is C20H19FN2OS. The fraction of sp³-hybridized carbons (Fsp3) is 0.200. The van der Waals surface area contributed by atoms with Crippen LogP contribution in [0.15, 0.2) is 53.4 Å². The first-order valence-corrected chi connectivity index (χ1v) is 8.92. The number of thioether (sulfide) groups is 1. The third-order valence-electron chi connectivity index (χ3n) is 4.16. The van der Waals surface area contributed by atoms with Crippen LogP contribution in [0.25, 0.3) is 0 Å². The van der Waals surface area contributed by atoms with Gasteiger partial charge in [-0.3, -0.25) is 9.89 Å². The molecule has 0 atom stereocenters. The molecular weight excluding hydrogens is 335 g/mol. The van der Waals surface area contributed by atoms with E-state index in [4.69, 9.17) is 0 Å². The van der Waals surface area contributed by atoms with Gasteiger partial charge < -0.3 is 0 Å². The van der Waals surface area contributed by atoms with Crippen LogP contribution >= 0.6 is 11.8 Å². The summed E-state index contributed by atoms with van der Waals surface area (Å²) in [4.78, 5) is 13.3. The summed E-state index contributed by atoms with van der Waals surface area (Å²) in [5.41, 5.74) is 4.12. The minimum Gasteiger partial charge on any atom is -0.282 e. The van der Waals surface area contributed by atoms with Gasteiger partial charge in [0.25, 0.3) is 0 Å². The molecule has 0 spiro atoms. The largest absolute Gasteiger partial charge is 0.282 e. The molecule has 1 N–H and O–H groups in total. The highest BCUT2D eigenvalue weighted by atomic mass is 32.2. The number of nitrogens with one attached hydrogen (secondary N) is 1. The van der Waals surface area contributed by atoms with Crippen LogP contribution in [0.4, 0.5) is 4.39 Å². The number of hydrogen-bond acceptors (Lipinski definition) is 3. The average Bonchev–Trinajstić information content (AvgIpc) is 2.93. The van der Waals surface area contributed by atoms with Gasteiger partial charge >= 0.3 is 0 Å². The highest BCUT2D eigenvalue weighted by molar-refractivity contribution is 8.14. The van der Waals surface area contributed by atoms with E-state index in [2.05, 4.69) is 10.2 Å². The van der Waals surface area contributed by atoms with Crippen LogP contribution in [0, 0.1) is 19.7 Å². The number of aryl methyl sites for hydroxylation is 3. The van der Waals surface area contributed by atoms with Gasteiger partial charge in [0.05, 0.1) is 5.69 Å². The second-order valence-corrected chi connectivity index (χ2v) is 6.97. The highest BCUT2D eigenvalue weighted by Crippen LogP contribution is 2.24. The lowest BCUT2D eigenvalue weighted by Crippen LogP contribution is -2.01. The molecule has 0 aliphatic rings. The van der Waals surface area contributed by atoms with Crippen LogP contribution in [0.1, 0.15) is 32.9 Å². The number of aromatic amines is 1. The predicted octanol–water partition coefficient (Wildman–Crippen LogP) is 4.88. The van der Waals surface area contributed by atoms with Crippen LogP contribution in [-0.4, -0.2) is 15.3 Å². The van der Waals surface area contributed by atoms with E-state index in [0.29, 0.717) is 24.0 Å². The van der Waals surface area contributed by atoms with E-state index in [1.54, 1.807) is 12.1 Å². The first-order valence-electron chi connectivity index (χ1n) is 8.10. The van der Waals surface area contributed by atoms with Crippen molar-refractivity contribution in [2.75, 3.05) is 0 Å². The Labute approximate surface area is 150 Å². The summed E-state index contributed by atoms with van der Waals surface area (Å²) in [5, 5.41) is 7.03. The number of hydrogen-bond donors (Lipinski definition) is 1. The van der Waals surface area contributed by atoms with E-state index in [1.807, 2.05) is 44.2 Å². The van der Waals surface area contributed by atoms with Gasteiger partial charge in [0, 0.05) is 16.2 Å². The van der Waals surface area contributed by atoms with Crippen molar-refractivity contribution < 1.29 is 9.18 Å². The van der Waals surface area contributed by atoms with E-state index in [-0.39, 0.29) is 10.9 Å². The van der Waals surface area contributed by atoms with Crippen molar-refractivity contribution in [1.29, 1.82) is 0 Å². The van der Waals surface area contributed by atoms with Crippen LogP contribution in [-0.2, 0) is 12.8 Å². The standard InChI is InChI=1S/C20H19FN2OS/c1-13-18(14(2)23-22-13)10-8-15-12-16(9-11-19(15)21)20(24)25-17-6-4-3-5-7-17/h3-7,9,11-12H,8,10H2,1-2H3,(H,22,23). The molecule has 0 unspecified atom stereocenters. The second-order valence-electron chi connectivity index (χ2n) is 5.92. The Morgan fingerprint density at radius 1 is 1.12 bits per heavy atom. The van der Waals surface area contributed by atoms with Gasteiger partial charge in [-0.25, -0.2) is 4.39 Å². The van der Waals surface area contributed by atoms with Crippen LogP contribution < -0.4 is 0 Å². The average molecular weight is 354 g/mol. The second kappa shape index (κ2) is 7.66. The van der Waals surface area contributed by atoms with Crippen molar-refractivity contribution in [3.8, 4) is 0 Å². The number of nitrogens with zero attached hydrogens (tertiary/aromatic N) is 1. The summed E-state index contributed by atoms with van der Waals surface area (Å²) < 4.78 is 14.1. The van der Waals surface area contributed by atoms with Crippen LogP contribution in [0.5, 0.6) is 0 Å². The van der Waals surface area contributed by atoms with Crippen molar-refractivity contribution in [2.45, 2.75) is 31.6 Å². The summed E-state index contributed by atoms with van der Waals surface area (Å²) in [6.07, 6.45) is 1.22. The molecule has 0 aliphatic heterocycles. The zero-order valence-corrected chi connectivity index (χ0v) is 15.0. The molecule has 1 aromatic heterocycles. The molecule has 0 saturated carbocycles. The predicted molar refractivity (Wildman–Crippen MR) is 98.5 cm³/mol. The number of carbonyl (C=O) groups excluding carboxylic acids is 1. The van der Waals surface area contributed by atoms with E-state index >= 15 is 0 Å². The molecule has 0 radical (unpaired) electrons. The molecule has 0 amide bonds. The van der Waals surface area contributed by atoms with Gasteiger partial charge in [-0.05, 0) is 79.9 Å². The molecule has 0 fully saturated rings. The number of aromatic nitrogens is 2. The number of H-pyrrole nitrogens is 1. The van der Waals surface area contributed by atoms with E-state index in [1.165, 1.54) is 6.07 Å². The molecule has 0 saturated heterocycles. The molecule has 0 bridgehead atoms. The third-order valence-corrected chi connectivity index (χ3v) is 5.09. The van der Waals surface area contributed by atoms with Gasteiger partial charge in [-0.15, -0.1) is 0 Å². The summed E-state index contributed by atoms with van der Waals surface area (Å²) in [5.74, 6) is -0.278. The normalized spacial score (nSPS) is 10.8. The maximum atomic E-state index is 14.1. The quantitative estimate of drug-likeness (QED) is 0.664. The topological polar surface area (TPSA) is 45.8 Å². The minimum absolute atomic E-state index is 0.0804. The molecule has 3 aromatic rings. The summed E-state index contributed by atoms with van der Waals surface area (Å²) >= 11 is 1.16. The maximum absolute atomic E-state index is 14.1. The van der Waals surface area contributed by atoms with Gasteiger partial charge in [0.15, 0.2) is 0 Å². The highest BCUT2D eigenvalue weighted by Gasteiger charge is 2.13. The molecule has 128 valence electrons. The molecule has 25 heavy (non-hydrogen) atoms. The summed E-state index contributed by atoms with van der Waals surface area (Å²) in [7, 11) is 0. The Balaban J connectivity index is 1.75.